The normalized spacial score (nSPS) is 8.87. The molecule has 0 saturated carbocycles. The van der Waals surface area contributed by atoms with Crippen LogP contribution in [0.5, 0.6) is 0 Å². The van der Waals surface area contributed by atoms with Crippen molar-refractivity contribution in [2.45, 2.75) is 13.3 Å². The van der Waals surface area contributed by atoms with Gasteiger partial charge in [-0.15, -0.1) is 5.92 Å². The monoisotopic (exact) mass is 202 g/mol. The zero-order valence-corrected chi connectivity index (χ0v) is 8.71. The molecule has 0 heterocycles. The van der Waals surface area contributed by atoms with Crippen molar-refractivity contribution in [3.63, 3.8) is 0 Å². The molecule has 78 valence electrons. The van der Waals surface area contributed by atoms with Crippen molar-refractivity contribution in [1.29, 1.82) is 0 Å². The third-order valence-electron chi connectivity index (χ3n) is 1.90. The fourth-order valence-electron chi connectivity index (χ4n) is 1.11. The Labute approximate surface area is 89.7 Å². The fourth-order valence-corrected chi connectivity index (χ4v) is 1.11. The minimum absolute atomic E-state index is 0.0254. The van der Waals surface area contributed by atoms with Gasteiger partial charge < -0.3 is 11.1 Å². The molecule has 0 saturated heterocycles. The molecule has 0 fully saturated rings. The van der Waals surface area contributed by atoms with Gasteiger partial charge in [-0.2, -0.15) is 0 Å². The lowest BCUT2D eigenvalue weighted by Crippen LogP contribution is -2.25. The van der Waals surface area contributed by atoms with Gasteiger partial charge in [-0.05, 0) is 24.6 Å². The van der Waals surface area contributed by atoms with Crippen molar-refractivity contribution in [3.8, 4) is 11.8 Å². The number of amides is 1. The highest BCUT2D eigenvalue weighted by Crippen LogP contribution is 2.05. The van der Waals surface area contributed by atoms with E-state index in [-0.39, 0.29) is 5.91 Å². The average molecular weight is 202 g/mol. The Morgan fingerprint density at radius 2 is 2.07 bits per heavy atom. The van der Waals surface area contributed by atoms with Gasteiger partial charge in [0.1, 0.15) is 0 Å². The van der Waals surface area contributed by atoms with E-state index >= 15 is 0 Å². The minimum Gasteiger partial charge on any atom is -0.399 e. The van der Waals surface area contributed by atoms with Gasteiger partial charge in [-0.25, -0.2) is 0 Å². The number of rotatable bonds is 3. The van der Waals surface area contributed by atoms with E-state index in [0.29, 0.717) is 18.7 Å². The first-order valence-corrected chi connectivity index (χ1v) is 4.73. The number of nitrogen functional groups attached to an aromatic ring is 1. The molecule has 3 heteroatoms. The quantitative estimate of drug-likeness (QED) is 0.566. The summed E-state index contributed by atoms with van der Waals surface area (Å²) < 4.78 is 0. The zero-order chi connectivity index (χ0) is 11.1. The second-order valence-corrected chi connectivity index (χ2v) is 3.12. The molecule has 0 aromatic heterocycles. The Morgan fingerprint density at radius 1 is 1.40 bits per heavy atom. The van der Waals surface area contributed by atoms with Crippen LogP contribution >= 0.6 is 0 Å². The number of carbonyl (C=O) groups is 1. The molecule has 1 rings (SSSR count). The molecule has 15 heavy (non-hydrogen) atoms. The summed E-state index contributed by atoms with van der Waals surface area (Å²) >= 11 is 0. The molecule has 0 aliphatic rings. The summed E-state index contributed by atoms with van der Waals surface area (Å²) in [6.45, 7) is 2.15. The first-order valence-electron chi connectivity index (χ1n) is 4.73. The lowest BCUT2D eigenvalue weighted by Gasteiger charge is -2.02. The van der Waals surface area contributed by atoms with Crippen LogP contribution < -0.4 is 11.1 Å². The van der Waals surface area contributed by atoms with Gasteiger partial charge in [0.05, 0.1) is 13.0 Å². The van der Waals surface area contributed by atoms with Crippen molar-refractivity contribution in [3.05, 3.63) is 29.8 Å². The molecule has 3 N–H and O–H groups in total. The smallest absolute Gasteiger partial charge is 0.225 e. The molecule has 1 amide bonds. The Morgan fingerprint density at radius 3 is 2.67 bits per heavy atom. The number of benzene rings is 1. The minimum atomic E-state index is -0.0254. The summed E-state index contributed by atoms with van der Waals surface area (Å²) in [5.41, 5.74) is 7.19. The molecule has 0 bridgehead atoms. The van der Waals surface area contributed by atoms with Crippen LogP contribution in [0.3, 0.4) is 0 Å². The fraction of sp³-hybridized carbons (Fsp3) is 0.250. The lowest BCUT2D eigenvalue weighted by atomic mass is 10.1. The predicted octanol–water partition coefficient (Wildman–Crippen LogP) is 0.951. The van der Waals surface area contributed by atoms with Crippen LogP contribution in [0.1, 0.15) is 12.5 Å². The third-order valence-corrected chi connectivity index (χ3v) is 1.90. The van der Waals surface area contributed by atoms with Crippen molar-refractivity contribution in [2.24, 2.45) is 0 Å². The van der Waals surface area contributed by atoms with E-state index in [4.69, 9.17) is 5.73 Å². The van der Waals surface area contributed by atoms with Crippen LogP contribution in [0.2, 0.25) is 0 Å². The topological polar surface area (TPSA) is 55.1 Å². The highest BCUT2D eigenvalue weighted by molar-refractivity contribution is 5.78. The van der Waals surface area contributed by atoms with Crippen LogP contribution in [0, 0.1) is 11.8 Å². The van der Waals surface area contributed by atoms with Crippen molar-refractivity contribution >= 4 is 11.6 Å². The number of nitrogens with one attached hydrogen (secondary N) is 1. The van der Waals surface area contributed by atoms with Gasteiger partial charge >= 0.3 is 0 Å². The highest BCUT2D eigenvalue weighted by atomic mass is 16.1. The van der Waals surface area contributed by atoms with E-state index in [1.165, 1.54) is 0 Å². The largest absolute Gasteiger partial charge is 0.399 e. The predicted molar refractivity (Wildman–Crippen MR) is 61.0 cm³/mol. The van der Waals surface area contributed by atoms with Gasteiger partial charge in [0.15, 0.2) is 0 Å². The zero-order valence-electron chi connectivity index (χ0n) is 8.71. The number of hydrogen-bond acceptors (Lipinski definition) is 2. The van der Waals surface area contributed by atoms with Gasteiger partial charge in [0.25, 0.3) is 0 Å². The van der Waals surface area contributed by atoms with E-state index in [1.807, 2.05) is 12.1 Å². The molecule has 0 unspecified atom stereocenters. The molecule has 0 atom stereocenters. The Balaban J connectivity index is 2.43. The molecule has 0 aliphatic carbocycles. The molecule has 0 spiro atoms. The SMILES string of the molecule is CC#CCNC(=O)Cc1ccc(N)cc1. The standard InChI is InChI=1S/C12H14N2O/c1-2-3-8-14-12(15)9-10-4-6-11(13)7-5-10/h4-7H,8-9,13H2,1H3,(H,14,15). The maximum atomic E-state index is 11.4. The lowest BCUT2D eigenvalue weighted by molar-refractivity contribution is -0.120. The number of hydrogen-bond donors (Lipinski definition) is 2. The van der Waals surface area contributed by atoms with E-state index in [9.17, 15) is 4.79 Å². The van der Waals surface area contributed by atoms with Crippen LogP contribution in [0.15, 0.2) is 24.3 Å². The van der Waals surface area contributed by atoms with Gasteiger partial charge in [0, 0.05) is 5.69 Å². The van der Waals surface area contributed by atoms with Gasteiger partial charge in [-0.1, -0.05) is 18.1 Å². The van der Waals surface area contributed by atoms with E-state index in [0.717, 1.165) is 5.56 Å². The maximum absolute atomic E-state index is 11.4. The molecule has 0 aliphatic heterocycles. The average Bonchev–Trinajstić information content (AvgIpc) is 2.22. The Kier molecular flexibility index (Phi) is 4.24. The highest BCUT2D eigenvalue weighted by Gasteiger charge is 2.01. The number of carbonyl (C=O) groups excluding carboxylic acids is 1. The van der Waals surface area contributed by atoms with E-state index < -0.39 is 0 Å². The first kappa shape index (κ1) is 11.1. The summed E-state index contributed by atoms with van der Waals surface area (Å²) in [7, 11) is 0. The molecule has 1 aromatic carbocycles. The second kappa shape index (κ2) is 5.71. The van der Waals surface area contributed by atoms with Gasteiger partial charge in [-0.3, -0.25) is 4.79 Å². The van der Waals surface area contributed by atoms with E-state index in [1.54, 1.807) is 19.1 Å². The van der Waals surface area contributed by atoms with Crippen molar-refractivity contribution in [1.82, 2.24) is 5.32 Å². The second-order valence-electron chi connectivity index (χ2n) is 3.12. The summed E-state index contributed by atoms with van der Waals surface area (Å²) in [5, 5.41) is 2.70. The molecule has 3 nitrogen and oxygen atoms in total. The summed E-state index contributed by atoms with van der Waals surface area (Å²) in [6.07, 6.45) is 0.367. The molecular formula is C12H14N2O. The third kappa shape index (κ3) is 4.19. The van der Waals surface area contributed by atoms with Crippen molar-refractivity contribution in [2.75, 3.05) is 12.3 Å². The van der Waals surface area contributed by atoms with Crippen LogP contribution in [-0.2, 0) is 11.2 Å². The summed E-state index contributed by atoms with van der Waals surface area (Å²) in [5.74, 6) is 5.46. The Hall–Kier alpha value is -1.95. The molecular weight excluding hydrogens is 188 g/mol. The first-order chi connectivity index (χ1) is 7.22. The summed E-state index contributed by atoms with van der Waals surface area (Å²) in [6, 6.07) is 7.27. The molecule has 1 aromatic rings. The van der Waals surface area contributed by atoms with Gasteiger partial charge in [0.2, 0.25) is 5.91 Å². The number of nitrogens with two attached hydrogens (primary N) is 1. The van der Waals surface area contributed by atoms with Crippen LogP contribution in [-0.4, -0.2) is 12.5 Å². The number of anilines is 1. The van der Waals surface area contributed by atoms with Crippen LogP contribution in [0.4, 0.5) is 5.69 Å². The van der Waals surface area contributed by atoms with E-state index in [2.05, 4.69) is 17.2 Å². The maximum Gasteiger partial charge on any atom is 0.225 e. The summed E-state index contributed by atoms with van der Waals surface area (Å²) in [4.78, 5) is 11.4. The Bertz CT molecular complexity index is 384. The molecule has 0 radical (unpaired) electrons. The van der Waals surface area contributed by atoms with Crippen LogP contribution in [0.25, 0.3) is 0 Å². The van der Waals surface area contributed by atoms with Crippen molar-refractivity contribution < 1.29 is 4.79 Å².